The Labute approximate surface area is 217 Å². The van der Waals surface area contributed by atoms with E-state index in [1.54, 1.807) is 12.1 Å². The standard InChI is InChI=1S/C27H38F3N2O4P/c28-27(29,30)36-25-20-22(21-31-17-9-19-35-37(33)34)12-13-24(25)32-18-8-7-16-26(14-5-2-6-15-26)23-10-3-1-4-11-23/h1,3-4,10-13,20,31-32,37H,2,5-9,14-19,21H2,(H,33,34). The van der Waals surface area contributed by atoms with Crippen molar-refractivity contribution in [3.05, 3.63) is 59.7 Å². The second-order valence-electron chi connectivity index (χ2n) is 9.61. The maximum Gasteiger partial charge on any atom is 0.573 e. The number of halogens is 3. The van der Waals surface area contributed by atoms with Gasteiger partial charge in [-0.15, -0.1) is 13.2 Å². The molecule has 1 saturated carbocycles. The minimum Gasteiger partial charge on any atom is -0.404 e. The van der Waals surface area contributed by atoms with Crippen molar-refractivity contribution in [3.8, 4) is 5.75 Å². The molecule has 2 aromatic rings. The normalized spacial score (nSPS) is 16.3. The van der Waals surface area contributed by atoms with Gasteiger partial charge in [0, 0.05) is 13.1 Å². The van der Waals surface area contributed by atoms with Crippen LogP contribution < -0.4 is 15.4 Å². The van der Waals surface area contributed by atoms with Gasteiger partial charge >= 0.3 is 14.6 Å². The molecule has 0 amide bonds. The predicted octanol–water partition coefficient (Wildman–Crippen LogP) is 6.95. The molecule has 0 bridgehead atoms. The SMILES string of the molecule is O=[PH](O)OCCCNCc1ccc(NCCCCC2(c3ccccc3)CCCCC2)c(OC(F)(F)F)c1. The molecule has 0 aliphatic heterocycles. The van der Waals surface area contributed by atoms with Gasteiger partial charge in [0.2, 0.25) is 0 Å². The Morgan fingerprint density at radius 2 is 1.73 bits per heavy atom. The number of benzene rings is 2. The largest absolute Gasteiger partial charge is 0.573 e. The molecule has 3 rings (SSSR count). The second-order valence-corrected chi connectivity index (χ2v) is 10.4. The van der Waals surface area contributed by atoms with Crippen LogP contribution in [0.2, 0.25) is 0 Å². The maximum absolute atomic E-state index is 13.0. The number of anilines is 1. The number of nitrogens with one attached hydrogen (secondary N) is 2. The first-order chi connectivity index (χ1) is 17.8. The number of rotatable bonds is 15. The van der Waals surface area contributed by atoms with E-state index in [1.165, 1.54) is 43.7 Å². The molecule has 1 unspecified atom stereocenters. The van der Waals surface area contributed by atoms with Gasteiger partial charge in [0.1, 0.15) is 0 Å². The molecule has 3 N–H and O–H groups in total. The van der Waals surface area contributed by atoms with Crippen LogP contribution in [0.25, 0.3) is 0 Å². The van der Waals surface area contributed by atoms with Crippen molar-refractivity contribution in [2.24, 2.45) is 0 Å². The molecule has 0 saturated heterocycles. The lowest BCUT2D eigenvalue weighted by molar-refractivity contribution is -0.274. The van der Waals surface area contributed by atoms with Crippen LogP contribution in [0.5, 0.6) is 5.75 Å². The van der Waals surface area contributed by atoms with E-state index in [4.69, 9.17) is 4.89 Å². The van der Waals surface area contributed by atoms with Crippen LogP contribution in [0.4, 0.5) is 18.9 Å². The minimum absolute atomic E-state index is 0.138. The van der Waals surface area contributed by atoms with Crippen LogP contribution in [0.15, 0.2) is 48.5 Å². The van der Waals surface area contributed by atoms with E-state index < -0.39 is 14.6 Å². The Kier molecular flexibility index (Phi) is 11.8. The Balaban J connectivity index is 1.51. The number of hydrogen-bond acceptors (Lipinski definition) is 5. The van der Waals surface area contributed by atoms with E-state index in [9.17, 15) is 17.7 Å². The van der Waals surface area contributed by atoms with Gasteiger partial charge in [-0.1, -0.05) is 62.1 Å². The predicted molar refractivity (Wildman–Crippen MR) is 140 cm³/mol. The van der Waals surface area contributed by atoms with Crippen molar-refractivity contribution in [1.82, 2.24) is 5.32 Å². The van der Waals surface area contributed by atoms with E-state index in [1.807, 2.05) is 6.07 Å². The highest BCUT2D eigenvalue weighted by Gasteiger charge is 2.33. The number of unbranched alkanes of at least 4 members (excludes halogenated alkanes) is 1. The molecular formula is C27H38F3N2O4P. The summed E-state index contributed by atoms with van der Waals surface area (Å²) in [5.74, 6) is -0.248. The van der Waals surface area contributed by atoms with Gasteiger partial charge in [-0.25, -0.2) is 0 Å². The molecule has 1 atom stereocenters. The first-order valence-corrected chi connectivity index (χ1v) is 14.3. The molecule has 10 heteroatoms. The van der Waals surface area contributed by atoms with Gasteiger partial charge in [0.05, 0.1) is 12.3 Å². The van der Waals surface area contributed by atoms with Gasteiger partial charge < -0.3 is 24.8 Å². The fraction of sp³-hybridized carbons (Fsp3) is 0.556. The smallest absolute Gasteiger partial charge is 0.404 e. The average Bonchev–Trinajstić information content (AvgIpc) is 2.87. The van der Waals surface area contributed by atoms with Crippen LogP contribution >= 0.6 is 8.25 Å². The molecule has 2 aromatic carbocycles. The van der Waals surface area contributed by atoms with Crippen LogP contribution in [-0.2, 0) is 21.0 Å². The molecule has 37 heavy (non-hydrogen) atoms. The quantitative estimate of drug-likeness (QED) is 0.167. The molecule has 1 fully saturated rings. The zero-order chi connectivity index (χ0) is 26.6. The Morgan fingerprint density at radius 1 is 0.973 bits per heavy atom. The highest BCUT2D eigenvalue weighted by Crippen LogP contribution is 2.43. The van der Waals surface area contributed by atoms with Crippen molar-refractivity contribution < 1.29 is 31.9 Å². The van der Waals surface area contributed by atoms with Crippen molar-refractivity contribution in [3.63, 3.8) is 0 Å². The lowest BCUT2D eigenvalue weighted by Crippen LogP contribution is -2.29. The van der Waals surface area contributed by atoms with E-state index in [-0.39, 0.29) is 17.8 Å². The summed E-state index contributed by atoms with van der Waals surface area (Å²) in [4.78, 5) is 8.64. The summed E-state index contributed by atoms with van der Waals surface area (Å²) < 4.78 is 58.6. The highest BCUT2D eigenvalue weighted by atomic mass is 31.1. The van der Waals surface area contributed by atoms with E-state index in [0.29, 0.717) is 37.3 Å². The van der Waals surface area contributed by atoms with Crippen LogP contribution in [0, 0.1) is 0 Å². The monoisotopic (exact) mass is 542 g/mol. The summed E-state index contributed by atoms with van der Waals surface area (Å²) in [7, 11) is -2.94. The zero-order valence-corrected chi connectivity index (χ0v) is 22.1. The molecule has 6 nitrogen and oxygen atoms in total. The van der Waals surface area contributed by atoms with Crippen molar-refractivity contribution in [2.75, 3.05) is 25.0 Å². The van der Waals surface area contributed by atoms with Crippen LogP contribution in [-0.4, -0.2) is 31.0 Å². The first-order valence-electron chi connectivity index (χ1n) is 13.0. The fourth-order valence-corrected chi connectivity index (χ4v) is 5.45. The lowest BCUT2D eigenvalue weighted by atomic mass is 9.67. The summed E-state index contributed by atoms with van der Waals surface area (Å²) in [5, 5.41) is 6.22. The molecule has 0 heterocycles. The molecule has 206 valence electrons. The summed E-state index contributed by atoms with van der Waals surface area (Å²) >= 11 is 0. The van der Waals surface area contributed by atoms with Crippen LogP contribution in [0.1, 0.15) is 68.9 Å². The Hall–Kier alpha value is -2.06. The number of hydrogen-bond donors (Lipinski definition) is 3. The summed E-state index contributed by atoms with van der Waals surface area (Å²) in [6.45, 7) is 1.53. The zero-order valence-electron chi connectivity index (χ0n) is 21.1. The van der Waals surface area contributed by atoms with E-state index in [2.05, 4.69) is 44.2 Å². The lowest BCUT2D eigenvalue weighted by Gasteiger charge is -2.38. The summed E-state index contributed by atoms with van der Waals surface area (Å²) in [6, 6.07) is 15.5. The Morgan fingerprint density at radius 3 is 2.43 bits per heavy atom. The number of ether oxygens (including phenoxy) is 1. The van der Waals surface area contributed by atoms with Gasteiger partial charge in [0.25, 0.3) is 0 Å². The van der Waals surface area contributed by atoms with E-state index >= 15 is 0 Å². The van der Waals surface area contributed by atoms with E-state index in [0.717, 1.165) is 19.3 Å². The van der Waals surface area contributed by atoms with Crippen LogP contribution in [0.3, 0.4) is 0 Å². The maximum atomic E-state index is 13.0. The minimum atomic E-state index is -4.79. The van der Waals surface area contributed by atoms with Gasteiger partial charge in [0.15, 0.2) is 5.75 Å². The number of alkyl halides is 3. The van der Waals surface area contributed by atoms with Crippen molar-refractivity contribution in [2.45, 2.75) is 76.1 Å². The van der Waals surface area contributed by atoms with Crippen molar-refractivity contribution >= 4 is 13.9 Å². The average molecular weight is 543 g/mol. The van der Waals surface area contributed by atoms with Gasteiger partial charge in [-0.2, -0.15) is 0 Å². The molecule has 0 radical (unpaired) electrons. The third kappa shape index (κ3) is 10.3. The molecule has 0 aromatic heterocycles. The second kappa shape index (κ2) is 14.8. The molecule has 1 aliphatic rings. The topological polar surface area (TPSA) is 79.8 Å². The third-order valence-corrected chi connectivity index (χ3v) is 7.37. The van der Waals surface area contributed by atoms with Crippen molar-refractivity contribution in [1.29, 1.82) is 0 Å². The summed E-state index contributed by atoms with van der Waals surface area (Å²) in [5.41, 5.74) is 2.58. The highest BCUT2D eigenvalue weighted by molar-refractivity contribution is 7.32. The first kappa shape index (κ1) is 29.5. The Bertz CT molecular complexity index is 970. The molecule has 0 spiro atoms. The summed E-state index contributed by atoms with van der Waals surface area (Å²) in [6.07, 6.45) is 4.80. The molecule has 1 aliphatic carbocycles. The molecular weight excluding hydrogens is 504 g/mol. The fourth-order valence-electron chi connectivity index (χ4n) is 5.14. The van der Waals surface area contributed by atoms with Gasteiger partial charge in [-0.3, -0.25) is 4.57 Å². The third-order valence-electron chi connectivity index (χ3n) is 6.92. The van der Waals surface area contributed by atoms with Gasteiger partial charge in [-0.05, 0) is 67.3 Å².